The molecule has 0 unspecified atom stereocenters. The van der Waals surface area contributed by atoms with E-state index in [0.717, 1.165) is 53.3 Å². The number of carbonyl (C=O) groups is 1. The quantitative estimate of drug-likeness (QED) is 0.683. The number of hydrogen-bond acceptors (Lipinski definition) is 5. The van der Waals surface area contributed by atoms with Gasteiger partial charge in [-0.15, -0.1) is 0 Å². The van der Waals surface area contributed by atoms with Crippen LogP contribution in [0.1, 0.15) is 0 Å². The number of amides is 2. The van der Waals surface area contributed by atoms with E-state index in [1.165, 1.54) is 0 Å². The molecule has 0 saturated carbocycles. The van der Waals surface area contributed by atoms with Gasteiger partial charge < -0.3 is 15.5 Å². The van der Waals surface area contributed by atoms with Crippen molar-refractivity contribution >= 4 is 49.5 Å². The first-order valence-electron chi connectivity index (χ1n) is 8.36. The van der Waals surface area contributed by atoms with Crippen LogP contribution >= 0.6 is 31.9 Å². The Morgan fingerprint density at radius 2 is 1.85 bits per heavy atom. The lowest BCUT2D eigenvalue weighted by atomic mass is 10.3. The van der Waals surface area contributed by atoms with Crippen molar-refractivity contribution in [1.82, 2.24) is 20.2 Å². The minimum absolute atomic E-state index is 0.208. The van der Waals surface area contributed by atoms with E-state index >= 15 is 0 Å². The number of hydrogen-bond donors (Lipinski definition) is 2. The first kappa shape index (κ1) is 19.1. The number of rotatable bonds is 5. The Hall–Kier alpha value is -1.71. The van der Waals surface area contributed by atoms with Crippen molar-refractivity contribution in [2.24, 2.45) is 0 Å². The van der Waals surface area contributed by atoms with E-state index in [1.54, 1.807) is 12.4 Å². The number of nitrogens with one attached hydrogen (secondary N) is 2. The van der Waals surface area contributed by atoms with Crippen LogP contribution in [0, 0.1) is 0 Å². The predicted octanol–water partition coefficient (Wildman–Crippen LogP) is 2.95. The summed E-state index contributed by atoms with van der Waals surface area (Å²) in [6.07, 6.45) is 3.53. The van der Waals surface area contributed by atoms with Crippen LogP contribution in [0.15, 0.2) is 45.6 Å². The van der Waals surface area contributed by atoms with Gasteiger partial charge in [0.1, 0.15) is 0 Å². The number of benzene rings is 1. The molecule has 1 aromatic heterocycles. The fourth-order valence-corrected chi connectivity index (χ4v) is 3.42. The topological polar surface area (TPSA) is 73.4 Å². The molecule has 1 saturated heterocycles. The molecule has 0 aliphatic carbocycles. The summed E-state index contributed by atoms with van der Waals surface area (Å²) in [5.41, 5.74) is 0.730. The molecule has 2 N–H and O–H groups in total. The Morgan fingerprint density at radius 1 is 1.12 bits per heavy atom. The second kappa shape index (κ2) is 9.29. The highest BCUT2D eigenvalue weighted by Crippen LogP contribution is 2.25. The minimum atomic E-state index is -0.208. The monoisotopic (exact) mass is 482 g/mol. The average molecular weight is 484 g/mol. The average Bonchev–Trinajstić information content (AvgIpc) is 2.66. The molecule has 3 rings (SSSR count). The standard InChI is InChI=1S/C17H20Br2N6O/c18-13-2-3-14(19)15(12-13)23-17(26)22-6-7-24-8-10-25(11-9-24)16-20-4-1-5-21-16/h1-5,12H,6-11H2,(H2,22,23,26). The van der Waals surface area contributed by atoms with Gasteiger partial charge in [0, 0.05) is 60.6 Å². The predicted molar refractivity (Wildman–Crippen MR) is 110 cm³/mol. The molecule has 1 aliphatic rings. The highest BCUT2D eigenvalue weighted by atomic mass is 79.9. The van der Waals surface area contributed by atoms with E-state index in [2.05, 4.69) is 62.3 Å². The number of urea groups is 1. The van der Waals surface area contributed by atoms with Gasteiger partial charge in [-0.05, 0) is 40.2 Å². The second-order valence-corrected chi connectivity index (χ2v) is 7.65. The lowest BCUT2D eigenvalue weighted by Gasteiger charge is -2.34. The molecule has 138 valence electrons. The normalized spacial score (nSPS) is 14.9. The third-order valence-corrected chi connectivity index (χ3v) is 5.28. The van der Waals surface area contributed by atoms with E-state index < -0.39 is 0 Å². The molecule has 0 radical (unpaired) electrons. The highest BCUT2D eigenvalue weighted by molar-refractivity contribution is 9.11. The van der Waals surface area contributed by atoms with Gasteiger partial charge >= 0.3 is 6.03 Å². The SMILES string of the molecule is O=C(NCCN1CCN(c2ncccn2)CC1)Nc1cc(Br)ccc1Br. The zero-order valence-electron chi connectivity index (χ0n) is 14.2. The molecule has 0 spiro atoms. The minimum Gasteiger partial charge on any atom is -0.338 e. The maximum absolute atomic E-state index is 12.1. The molecular weight excluding hydrogens is 464 g/mol. The van der Waals surface area contributed by atoms with E-state index in [4.69, 9.17) is 0 Å². The number of halogens is 2. The number of carbonyl (C=O) groups excluding carboxylic acids is 1. The molecule has 2 heterocycles. The van der Waals surface area contributed by atoms with Crippen LogP contribution < -0.4 is 15.5 Å². The molecule has 2 aromatic rings. The van der Waals surface area contributed by atoms with Crippen molar-refractivity contribution in [2.75, 3.05) is 49.5 Å². The van der Waals surface area contributed by atoms with Gasteiger partial charge in [-0.1, -0.05) is 15.9 Å². The van der Waals surface area contributed by atoms with Gasteiger partial charge in [0.25, 0.3) is 0 Å². The number of anilines is 2. The van der Waals surface area contributed by atoms with Gasteiger partial charge in [0.15, 0.2) is 0 Å². The Bertz CT molecular complexity index is 737. The van der Waals surface area contributed by atoms with Crippen LogP contribution in [0.3, 0.4) is 0 Å². The maximum Gasteiger partial charge on any atom is 0.319 e. The van der Waals surface area contributed by atoms with E-state index in [-0.39, 0.29) is 6.03 Å². The molecule has 0 atom stereocenters. The number of piperazine rings is 1. The molecule has 0 bridgehead atoms. The number of aromatic nitrogens is 2. The Balaban J connectivity index is 1.38. The molecule has 1 aliphatic heterocycles. The smallest absolute Gasteiger partial charge is 0.319 e. The summed E-state index contributed by atoms with van der Waals surface area (Å²) in [7, 11) is 0. The van der Waals surface area contributed by atoms with E-state index in [9.17, 15) is 4.79 Å². The third-order valence-electron chi connectivity index (χ3n) is 4.10. The molecule has 1 fully saturated rings. The van der Waals surface area contributed by atoms with Crippen molar-refractivity contribution in [3.63, 3.8) is 0 Å². The Labute approximate surface area is 169 Å². The first-order valence-corrected chi connectivity index (χ1v) is 9.94. The van der Waals surface area contributed by atoms with Gasteiger partial charge in [0.05, 0.1) is 5.69 Å². The van der Waals surface area contributed by atoms with Crippen molar-refractivity contribution in [2.45, 2.75) is 0 Å². The summed E-state index contributed by atoms with van der Waals surface area (Å²) < 4.78 is 1.76. The molecule has 9 heteroatoms. The summed E-state index contributed by atoms with van der Waals surface area (Å²) >= 11 is 6.83. The zero-order valence-corrected chi connectivity index (χ0v) is 17.3. The first-order chi connectivity index (χ1) is 12.6. The van der Waals surface area contributed by atoms with Crippen LogP contribution in [0.25, 0.3) is 0 Å². The Kier molecular flexibility index (Phi) is 6.81. The third kappa shape index (κ3) is 5.39. The summed E-state index contributed by atoms with van der Waals surface area (Å²) in [4.78, 5) is 25.1. The summed E-state index contributed by atoms with van der Waals surface area (Å²) in [5.74, 6) is 0.782. The van der Waals surface area contributed by atoms with Crippen LogP contribution in [-0.2, 0) is 0 Å². The fraction of sp³-hybridized carbons (Fsp3) is 0.353. The van der Waals surface area contributed by atoms with Crippen LogP contribution in [0.2, 0.25) is 0 Å². The molecule has 2 amide bonds. The number of nitrogens with zero attached hydrogens (tertiary/aromatic N) is 4. The van der Waals surface area contributed by atoms with Crippen LogP contribution in [-0.4, -0.2) is 60.2 Å². The second-order valence-electron chi connectivity index (χ2n) is 5.88. The van der Waals surface area contributed by atoms with E-state index in [1.807, 2.05) is 24.3 Å². The maximum atomic E-state index is 12.1. The lowest BCUT2D eigenvalue weighted by molar-refractivity contribution is 0.240. The lowest BCUT2D eigenvalue weighted by Crippen LogP contribution is -2.49. The molecule has 26 heavy (non-hydrogen) atoms. The summed E-state index contributed by atoms with van der Waals surface area (Å²) in [5, 5.41) is 5.75. The van der Waals surface area contributed by atoms with E-state index in [0.29, 0.717) is 6.54 Å². The van der Waals surface area contributed by atoms with Gasteiger partial charge in [-0.2, -0.15) is 0 Å². The van der Waals surface area contributed by atoms with Crippen molar-refractivity contribution in [3.8, 4) is 0 Å². The molecule has 1 aromatic carbocycles. The highest BCUT2D eigenvalue weighted by Gasteiger charge is 2.18. The van der Waals surface area contributed by atoms with Crippen molar-refractivity contribution in [3.05, 3.63) is 45.6 Å². The Morgan fingerprint density at radius 3 is 2.58 bits per heavy atom. The van der Waals surface area contributed by atoms with Gasteiger partial charge in [-0.25, -0.2) is 14.8 Å². The van der Waals surface area contributed by atoms with Crippen molar-refractivity contribution in [1.29, 1.82) is 0 Å². The molecule has 7 nitrogen and oxygen atoms in total. The summed E-state index contributed by atoms with van der Waals surface area (Å²) in [6, 6.07) is 7.26. The van der Waals surface area contributed by atoms with Gasteiger partial charge in [-0.3, -0.25) is 4.90 Å². The van der Waals surface area contributed by atoms with Crippen molar-refractivity contribution < 1.29 is 4.79 Å². The largest absolute Gasteiger partial charge is 0.338 e. The molecular formula is C17H20Br2N6O. The van der Waals surface area contributed by atoms with Gasteiger partial charge in [0.2, 0.25) is 5.95 Å². The fourth-order valence-electron chi connectivity index (χ4n) is 2.71. The van der Waals surface area contributed by atoms with Crippen LogP contribution in [0.5, 0.6) is 0 Å². The zero-order chi connectivity index (χ0) is 18.4. The summed E-state index contributed by atoms with van der Waals surface area (Å²) in [6.45, 7) is 5.05. The van der Waals surface area contributed by atoms with Crippen LogP contribution in [0.4, 0.5) is 16.4 Å².